The molecule has 0 fully saturated rings. The van der Waals surface area contributed by atoms with Crippen molar-refractivity contribution < 1.29 is 14.6 Å². The van der Waals surface area contributed by atoms with E-state index >= 15 is 0 Å². The van der Waals surface area contributed by atoms with Crippen LogP contribution in [-0.2, 0) is 11.2 Å². The molecule has 2 aromatic carbocycles. The highest BCUT2D eigenvalue weighted by Gasteiger charge is 2.13. The molecule has 0 bridgehead atoms. The molecule has 2 N–H and O–H groups in total. The van der Waals surface area contributed by atoms with E-state index in [9.17, 15) is 15.2 Å². The lowest BCUT2D eigenvalue weighted by Gasteiger charge is -2.10. The SMILES string of the molecule is C=CCc1cc(/C=C(\C#N)C(=O)Nc2cccc(Br)c2)cc(OC)c1O. The Bertz CT molecular complexity index is 914. The van der Waals surface area contributed by atoms with Crippen LogP contribution in [0.4, 0.5) is 5.69 Å². The van der Waals surface area contributed by atoms with Crippen LogP contribution < -0.4 is 10.1 Å². The maximum absolute atomic E-state index is 12.4. The molecule has 0 spiro atoms. The number of carbonyl (C=O) groups is 1. The highest BCUT2D eigenvalue weighted by Crippen LogP contribution is 2.32. The van der Waals surface area contributed by atoms with Crippen LogP contribution in [0.5, 0.6) is 11.5 Å². The van der Waals surface area contributed by atoms with Crippen LogP contribution in [0.3, 0.4) is 0 Å². The van der Waals surface area contributed by atoms with Crippen molar-refractivity contribution in [3.63, 3.8) is 0 Å². The third-order valence-electron chi connectivity index (χ3n) is 3.52. The topological polar surface area (TPSA) is 82.4 Å². The van der Waals surface area contributed by atoms with Gasteiger partial charge in [0.15, 0.2) is 11.5 Å². The van der Waals surface area contributed by atoms with E-state index in [0.29, 0.717) is 23.2 Å². The van der Waals surface area contributed by atoms with E-state index in [4.69, 9.17) is 4.74 Å². The van der Waals surface area contributed by atoms with E-state index in [1.54, 1.807) is 36.4 Å². The van der Waals surface area contributed by atoms with Gasteiger partial charge in [-0.3, -0.25) is 4.79 Å². The quantitative estimate of drug-likeness (QED) is 0.417. The van der Waals surface area contributed by atoms with Gasteiger partial charge in [-0.1, -0.05) is 28.1 Å². The molecule has 2 rings (SSSR count). The average Bonchev–Trinajstić information content (AvgIpc) is 2.62. The third kappa shape index (κ3) is 4.74. The molecule has 0 aliphatic carbocycles. The van der Waals surface area contributed by atoms with E-state index in [-0.39, 0.29) is 17.1 Å². The zero-order chi connectivity index (χ0) is 19.1. The average molecular weight is 413 g/mol. The van der Waals surface area contributed by atoms with E-state index < -0.39 is 5.91 Å². The largest absolute Gasteiger partial charge is 0.504 e. The summed E-state index contributed by atoms with van der Waals surface area (Å²) < 4.78 is 5.97. The molecule has 26 heavy (non-hydrogen) atoms. The molecular formula is C20H17BrN2O3. The molecular weight excluding hydrogens is 396 g/mol. The number of carbonyl (C=O) groups excluding carboxylic acids is 1. The molecule has 6 heteroatoms. The molecule has 0 saturated heterocycles. The molecule has 0 saturated carbocycles. The van der Waals surface area contributed by atoms with Crippen LogP contribution >= 0.6 is 15.9 Å². The molecule has 1 amide bonds. The number of rotatable bonds is 6. The number of anilines is 1. The number of phenolic OH excluding ortho intramolecular Hbond substituents is 1. The molecule has 0 aliphatic heterocycles. The van der Waals surface area contributed by atoms with Gasteiger partial charge in [-0.2, -0.15) is 5.26 Å². The molecule has 2 aromatic rings. The number of nitrogens with zero attached hydrogens (tertiary/aromatic N) is 1. The molecule has 0 heterocycles. The van der Waals surface area contributed by atoms with Crippen molar-refractivity contribution in [3.05, 3.63) is 70.2 Å². The van der Waals surface area contributed by atoms with E-state index in [2.05, 4.69) is 27.8 Å². The van der Waals surface area contributed by atoms with Gasteiger partial charge in [-0.05, 0) is 48.4 Å². The van der Waals surface area contributed by atoms with Gasteiger partial charge in [-0.15, -0.1) is 6.58 Å². The summed E-state index contributed by atoms with van der Waals surface area (Å²) in [5.74, 6) is -0.246. The van der Waals surface area contributed by atoms with Crippen molar-refractivity contribution in [2.24, 2.45) is 0 Å². The van der Waals surface area contributed by atoms with Gasteiger partial charge in [0, 0.05) is 15.7 Å². The fourth-order valence-electron chi connectivity index (χ4n) is 2.32. The monoisotopic (exact) mass is 412 g/mol. The summed E-state index contributed by atoms with van der Waals surface area (Å²) in [6, 6.07) is 12.2. The van der Waals surface area contributed by atoms with Crippen molar-refractivity contribution >= 4 is 33.6 Å². The molecule has 0 aliphatic rings. The molecule has 5 nitrogen and oxygen atoms in total. The van der Waals surface area contributed by atoms with Crippen molar-refractivity contribution in [1.29, 1.82) is 5.26 Å². The minimum Gasteiger partial charge on any atom is -0.504 e. The Morgan fingerprint density at radius 2 is 2.19 bits per heavy atom. The van der Waals surface area contributed by atoms with Crippen LogP contribution in [0.15, 0.2) is 59.1 Å². The lowest BCUT2D eigenvalue weighted by Crippen LogP contribution is -2.13. The number of nitrogens with one attached hydrogen (secondary N) is 1. The van der Waals surface area contributed by atoms with Gasteiger partial charge in [0.25, 0.3) is 5.91 Å². The molecule has 0 radical (unpaired) electrons. The summed E-state index contributed by atoms with van der Waals surface area (Å²) in [6.07, 6.45) is 3.52. The highest BCUT2D eigenvalue weighted by molar-refractivity contribution is 9.10. The molecule has 0 unspecified atom stereocenters. The lowest BCUT2D eigenvalue weighted by molar-refractivity contribution is -0.112. The first-order chi connectivity index (χ1) is 12.5. The minimum atomic E-state index is -0.525. The Balaban J connectivity index is 2.35. The van der Waals surface area contributed by atoms with Crippen molar-refractivity contribution in [2.45, 2.75) is 6.42 Å². The molecule has 0 atom stereocenters. The van der Waals surface area contributed by atoms with E-state index in [1.807, 2.05) is 12.1 Å². The first-order valence-corrected chi connectivity index (χ1v) is 8.47. The number of methoxy groups -OCH3 is 1. The predicted molar refractivity (Wildman–Crippen MR) is 105 cm³/mol. The molecule has 0 aromatic heterocycles. The number of aromatic hydroxyl groups is 1. The first-order valence-electron chi connectivity index (χ1n) is 7.68. The number of amides is 1. The predicted octanol–water partition coefficient (Wildman–Crippen LogP) is 4.44. The van der Waals surface area contributed by atoms with Crippen molar-refractivity contribution in [3.8, 4) is 17.6 Å². The minimum absolute atomic E-state index is 0.0154. The van der Waals surface area contributed by atoms with Gasteiger partial charge in [-0.25, -0.2) is 0 Å². The van der Waals surface area contributed by atoms with Gasteiger partial charge >= 0.3 is 0 Å². The van der Waals surface area contributed by atoms with Crippen molar-refractivity contribution in [2.75, 3.05) is 12.4 Å². The van der Waals surface area contributed by atoms with Crippen LogP contribution in [0.2, 0.25) is 0 Å². The Hall–Kier alpha value is -3.04. The number of halogens is 1. The summed E-state index contributed by atoms with van der Waals surface area (Å²) in [7, 11) is 1.44. The summed E-state index contributed by atoms with van der Waals surface area (Å²) in [6.45, 7) is 3.65. The van der Waals surface area contributed by atoms with Crippen LogP contribution in [-0.4, -0.2) is 18.1 Å². The standard InChI is InChI=1S/C20H17BrN2O3/c1-3-5-14-8-13(10-18(26-2)19(14)24)9-15(12-22)20(25)23-17-7-4-6-16(21)11-17/h3-4,6-11,24H,1,5H2,2H3,(H,23,25)/b15-9+. The fourth-order valence-corrected chi connectivity index (χ4v) is 2.72. The summed E-state index contributed by atoms with van der Waals surface area (Å²) in [5, 5.41) is 22.2. The van der Waals surface area contributed by atoms with E-state index in [1.165, 1.54) is 13.2 Å². The zero-order valence-electron chi connectivity index (χ0n) is 14.1. The molecule has 132 valence electrons. The van der Waals surface area contributed by atoms with Gasteiger partial charge in [0.2, 0.25) is 0 Å². The number of benzene rings is 2. The summed E-state index contributed by atoms with van der Waals surface area (Å²) >= 11 is 3.33. The van der Waals surface area contributed by atoms with Gasteiger partial charge < -0.3 is 15.2 Å². The van der Waals surface area contributed by atoms with Crippen LogP contribution in [0.25, 0.3) is 6.08 Å². The number of phenols is 1. The first kappa shape index (κ1) is 19.3. The Labute approximate surface area is 160 Å². The lowest BCUT2D eigenvalue weighted by atomic mass is 10.0. The Morgan fingerprint density at radius 3 is 2.81 bits per heavy atom. The smallest absolute Gasteiger partial charge is 0.266 e. The maximum atomic E-state index is 12.4. The summed E-state index contributed by atoms with van der Waals surface area (Å²) in [4.78, 5) is 12.4. The van der Waals surface area contributed by atoms with Crippen molar-refractivity contribution in [1.82, 2.24) is 0 Å². The Kier molecular flexibility index (Phi) is 6.59. The van der Waals surface area contributed by atoms with E-state index in [0.717, 1.165) is 4.47 Å². The fraction of sp³-hybridized carbons (Fsp3) is 0.100. The number of allylic oxidation sites excluding steroid dienone is 1. The normalized spacial score (nSPS) is 10.7. The Morgan fingerprint density at radius 1 is 1.42 bits per heavy atom. The number of hydrogen-bond donors (Lipinski definition) is 2. The van der Waals surface area contributed by atoms with Crippen LogP contribution in [0, 0.1) is 11.3 Å². The number of nitriles is 1. The van der Waals surface area contributed by atoms with Gasteiger partial charge in [0.1, 0.15) is 11.6 Å². The van der Waals surface area contributed by atoms with Crippen LogP contribution in [0.1, 0.15) is 11.1 Å². The van der Waals surface area contributed by atoms with Gasteiger partial charge in [0.05, 0.1) is 7.11 Å². The second-order valence-corrected chi connectivity index (χ2v) is 6.27. The maximum Gasteiger partial charge on any atom is 0.266 e. The number of hydrogen-bond acceptors (Lipinski definition) is 4. The summed E-state index contributed by atoms with van der Waals surface area (Å²) in [5.41, 5.74) is 1.66. The third-order valence-corrected chi connectivity index (χ3v) is 4.01. The number of ether oxygens (including phenoxy) is 1. The highest BCUT2D eigenvalue weighted by atomic mass is 79.9. The second kappa shape index (κ2) is 8.88. The zero-order valence-corrected chi connectivity index (χ0v) is 15.7. The second-order valence-electron chi connectivity index (χ2n) is 5.36.